The molecule has 1 N–H and O–H groups in total. The van der Waals surface area contributed by atoms with Gasteiger partial charge in [0.2, 0.25) is 0 Å². The van der Waals surface area contributed by atoms with Crippen molar-refractivity contribution in [1.29, 1.82) is 0 Å². The minimum Gasteiger partial charge on any atom is -0.377 e. The predicted octanol–water partition coefficient (Wildman–Crippen LogP) is 3.47. The van der Waals surface area contributed by atoms with Gasteiger partial charge in [-0.15, -0.1) is 0 Å². The zero-order valence-corrected chi connectivity index (χ0v) is 12.5. The summed E-state index contributed by atoms with van der Waals surface area (Å²) in [5, 5.41) is 3.50. The Balaban J connectivity index is 2.11. The molecular formula is C17H27NO. The molecule has 19 heavy (non-hydrogen) atoms. The van der Waals surface area contributed by atoms with Crippen molar-refractivity contribution >= 4 is 0 Å². The van der Waals surface area contributed by atoms with Gasteiger partial charge in [-0.25, -0.2) is 0 Å². The summed E-state index contributed by atoms with van der Waals surface area (Å²) in [6, 6.07) is 9.28. The van der Waals surface area contributed by atoms with Crippen LogP contribution in [-0.4, -0.2) is 25.8 Å². The largest absolute Gasteiger partial charge is 0.377 e. The molecule has 1 aliphatic carbocycles. The number of methoxy groups -OCH3 is 1. The van der Waals surface area contributed by atoms with E-state index in [1.807, 2.05) is 7.11 Å². The first-order chi connectivity index (χ1) is 9.20. The van der Waals surface area contributed by atoms with Crippen molar-refractivity contribution in [3.05, 3.63) is 35.4 Å². The van der Waals surface area contributed by atoms with E-state index in [4.69, 9.17) is 4.74 Å². The SMILES string of the molecule is CNC(Cc1ccc(C)cc1)C1(OC)CCCCC1. The molecule has 0 bridgehead atoms. The van der Waals surface area contributed by atoms with E-state index in [-0.39, 0.29) is 5.60 Å². The van der Waals surface area contributed by atoms with Gasteiger partial charge in [0.25, 0.3) is 0 Å². The van der Waals surface area contributed by atoms with Crippen LogP contribution in [0.4, 0.5) is 0 Å². The molecule has 1 saturated carbocycles. The number of benzene rings is 1. The molecule has 0 spiro atoms. The lowest BCUT2D eigenvalue weighted by Gasteiger charge is -2.42. The standard InChI is InChI=1S/C17H27NO/c1-14-7-9-15(10-8-14)13-16(18-2)17(19-3)11-5-4-6-12-17/h7-10,16,18H,4-6,11-13H2,1-3H3. The van der Waals surface area contributed by atoms with Crippen LogP contribution < -0.4 is 5.32 Å². The molecule has 1 aromatic carbocycles. The molecule has 0 aliphatic heterocycles. The van der Waals surface area contributed by atoms with Crippen molar-refractivity contribution in [2.45, 2.75) is 57.1 Å². The zero-order valence-electron chi connectivity index (χ0n) is 12.5. The summed E-state index contributed by atoms with van der Waals surface area (Å²) in [5.41, 5.74) is 2.74. The van der Waals surface area contributed by atoms with Gasteiger partial charge in [0.05, 0.1) is 5.60 Å². The fourth-order valence-corrected chi connectivity index (χ4v) is 3.36. The molecule has 106 valence electrons. The van der Waals surface area contributed by atoms with Gasteiger partial charge >= 0.3 is 0 Å². The summed E-state index contributed by atoms with van der Waals surface area (Å²) in [7, 11) is 3.94. The normalized spacial score (nSPS) is 20.2. The Bertz CT molecular complexity index is 379. The fraction of sp³-hybridized carbons (Fsp3) is 0.647. The summed E-state index contributed by atoms with van der Waals surface area (Å²) in [6.45, 7) is 2.14. The van der Waals surface area contributed by atoms with Crippen molar-refractivity contribution in [1.82, 2.24) is 5.32 Å². The average molecular weight is 261 g/mol. The van der Waals surface area contributed by atoms with Crippen molar-refractivity contribution < 1.29 is 4.74 Å². The van der Waals surface area contributed by atoms with Crippen LogP contribution in [-0.2, 0) is 11.2 Å². The van der Waals surface area contributed by atoms with Crippen LogP contribution in [0.5, 0.6) is 0 Å². The Morgan fingerprint density at radius 1 is 1.16 bits per heavy atom. The first-order valence-electron chi connectivity index (χ1n) is 7.48. The van der Waals surface area contributed by atoms with E-state index < -0.39 is 0 Å². The highest BCUT2D eigenvalue weighted by Gasteiger charge is 2.39. The topological polar surface area (TPSA) is 21.3 Å². The third-order valence-electron chi connectivity index (χ3n) is 4.65. The van der Waals surface area contributed by atoms with Gasteiger partial charge in [0, 0.05) is 13.2 Å². The minimum atomic E-state index is 0.0257. The van der Waals surface area contributed by atoms with E-state index in [0.717, 1.165) is 6.42 Å². The zero-order chi connectivity index (χ0) is 13.7. The lowest BCUT2D eigenvalue weighted by molar-refractivity contribution is -0.0657. The molecule has 2 nitrogen and oxygen atoms in total. The Morgan fingerprint density at radius 3 is 2.32 bits per heavy atom. The molecule has 2 heteroatoms. The van der Waals surface area contributed by atoms with Crippen LogP contribution in [0, 0.1) is 6.92 Å². The summed E-state index contributed by atoms with van der Waals surface area (Å²) >= 11 is 0. The molecule has 1 aromatic rings. The lowest BCUT2D eigenvalue weighted by atomic mass is 9.77. The lowest BCUT2D eigenvalue weighted by Crippen LogP contribution is -2.53. The second kappa shape index (κ2) is 6.53. The van der Waals surface area contributed by atoms with Gasteiger partial charge in [-0.2, -0.15) is 0 Å². The Kier molecular flexibility index (Phi) is 5.00. The average Bonchev–Trinajstić information content (AvgIpc) is 2.47. The van der Waals surface area contributed by atoms with Crippen LogP contribution in [0.15, 0.2) is 24.3 Å². The number of nitrogens with one attached hydrogen (secondary N) is 1. The highest BCUT2D eigenvalue weighted by molar-refractivity contribution is 5.23. The molecule has 0 amide bonds. The number of likely N-dealkylation sites (N-methyl/N-ethyl adjacent to an activating group) is 1. The van der Waals surface area contributed by atoms with Crippen LogP contribution >= 0.6 is 0 Å². The van der Waals surface area contributed by atoms with E-state index >= 15 is 0 Å². The maximum atomic E-state index is 5.97. The smallest absolute Gasteiger partial charge is 0.0834 e. The second-order valence-corrected chi connectivity index (χ2v) is 5.86. The van der Waals surface area contributed by atoms with Crippen molar-refractivity contribution in [2.24, 2.45) is 0 Å². The van der Waals surface area contributed by atoms with Gasteiger partial charge in [-0.05, 0) is 38.8 Å². The maximum absolute atomic E-state index is 5.97. The van der Waals surface area contributed by atoms with E-state index in [0.29, 0.717) is 6.04 Å². The molecule has 0 heterocycles. The molecule has 0 saturated heterocycles. The molecule has 0 radical (unpaired) electrons. The summed E-state index contributed by atoms with van der Waals surface area (Å²) in [6.07, 6.45) is 7.35. The summed E-state index contributed by atoms with van der Waals surface area (Å²) in [5.74, 6) is 0. The summed E-state index contributed by atoms with van der Waals surface area (Å²) in [4.78, 5) is 0. The predicted molar refractivity (Wildman–Crippen MR) is 80.6 cm³/mol. The van der Waals surface area contributed by atoms with Crippen LogP contribution in [0.1, 0.15) is 43.2 Å². The molecule has 1 atom stereocenters. The molecule has 2 rings (SSSR count). The van der Waals surface area contributed by atoms with Gasteiger partial charge < -0.3 is 10.1 Å². The quantitative estimate of drug-likeness (QED) is 0.876. The van der Waals surface area contributed by atoms with Crippen LogP contribution in [0.3, 0.4) is 0 Å². The summed E-state index contributed by atoms with van der Waals surface area (Å²) < 4.78 is 5.97. The van der Waals surface area contributed by atoms with Crippen LogP contribution in [0.2, 0.25) is 0 Å². The first-order valence-corrected chi connectivity index (χ1v) is 7.48. The Labute approximate surface area is 117 Å². The van der Waals surface area contributed by atoms with E-state index in [2.05, 4.69) is 43.6 Å². The fourth-order valence-electron chi connectivity index (χ4n) is 3.36. The van der Waals surface area contributed by atoms with Gasteiger partial charge in [0.1, 0.15) is 0 Å². The molecule has 1 aliphatic rings. The molecule has 1 unspecified atom stereocenters. The number of ether oxygens (including phenoxy) is 1. The monoisotopic (exact) mass is 261 g/mol. The van der Waals surface area contributed by atoms with Gasteiger partial charge in [-0.1, -0.05) is 49.1 Å². The third-order valence-corrected chi connectivity index (χ3v) is 4.65. The second-order valence-electron chi connectivity index (χ2n) is 5.86. The first kappa shape index (κ1) is 14.5. The third kappa shape index (κ3) is 3.37. The molecule has 1 fully saturated rings. The van der Waals surface area contributed by atoms with Crippen molar-refractivity contribution in [3.8, 4) is 0 Å². The van der Waals surface area contributed by atoms with E-state index in [1.165, 1.54) is 43.2 Å². The van der Waals surface area contributed by atoms with Crippen molar-refractivity contribution in [2.75, 3.05) is 14.2 Å². The number of hydrogen-bond donors (Lipinski definition) is 1. The van der Waals surface area contributed by atoms with Gasteiger partial charge in [0.15, 0.2) is 0 Å². The van der Waals surface area contributed by atoms with E-state index in [9.17, 15) is 0 Å². The number of aryl methyl sites for hydroxylation is 1. The Morgan fingerprint density at radius 2 is 1.79 bits per heavy atom. The molecule has 0 aromatic heterocycles. The number of rotatable bonds is 5. The highest BCUT2D eigenvalue weighted by Crippen LogP contribution is 2.35. The van der Waals surface area contributed by atoms with E-state index in [1.54, 1.807) is 0 Å². The minimum absolute atomic E-state index is 0.0257. The van der Waals surface area contributed by atoms with Crippen molar-refractivity contribution in [3.63, 3.8) is 0 Å². The van der Waals surface area contributed by atoms with Gasteiger partial charge in [-0.3, -0.25) is 0 Å². The highest BCUT2D eigenvalue weighted by atomic mass is 16.5. The maximum Gasteiger partial charge on any atom is 0.0834 e. The Hall–Kier alpha value is -0.860. The van der Waals surface area contributed by atoms with Crippen LogP contribution in [0.25, 0.3) is 0 Å². The number of hydrogen-bond acceptors (Lipinski definition) is 2. The molecular weight excluding hydrogens is 234 g/mol.